The van der Waals surface area contributed by atoms with Gasteiger partial charge in [0.2, 0.25) is 0 Å². The second-order valence-electron chi connectivity index (χ2n) is 9.87. The van der Waals surface area contributed by atoms with E-state index in [9.17, 15) is 13.2 Å². The van der Waals surface area contributed by atoms with E-state index >= 15 is 0 Å². The average molecular weight is 606 g/mol. The Bertz CT molecular complexity index is 1740. The molecule has 7 rings (SSSR count). The largest absolute Gasteiger partial charge is 0.490 e. The van der Waals surface area contributed by atoms with Crippen LogP contribution in [0.15, 0.2) is 65.6 Å². The van der Waals surface area contributed by atoms with Gasteiger partial charge in [-0.05, 0) is 25.0 Å². The topological polar surface area (TPSA) is 132 Å². The van der Waals surface area contributed by atoms with Gasteiger partial charge in [0.25, 0.3) is 0 Å². The summed E-state index contributed by atoms with van der Waals surface area (Å²) in [4.78, 5) is 25.8. The SMILES string of the molecule is N[C@@H]1c2ccnn2CC12CCN(c1ncc(Sc3ccn4ccnc4c3Cl)n3cncc13)CC2.O=C(O)C(F)(F)F. The third-order valence-electron chi connectivity index (χ3n) is 7.58. The van der Waals surface area contributed by atoms with Crippen LogP contribution < -0.4 is 10.6 Å². The third-order valence-corrected chi connectivity index (χ3v) is 9.13. The van der Waals surface area contributed by atoms with Gasteiger partial charge in [0.1, 0.15) is 16.9 Å². The van der Waals surface area contributed by atoms with Gasteiger partial charge in [-0.3, -0.25) is 9.08 Å². The minimum absolute atomic E-state index is 0.0380. The number of pyridine rings is 1. The van der Waals surface area contributed by atoms with Crippen molar-refractivity contribution >= 4 is 46.3 Å². The fourth-order valence-corrected chi connectivity index (χ4v) is 6.62. The fourth-order valence-electron chi connectivity index (χ4n) is 5.41. The molecule has 16 heteroatoms. The van der Waals surface area contributed by atoms with Crippen molar-refractivity contribution in [1.82, 2.24) is 33.5 Å². The van der Waals surface area contributed by atoms with Gasteiger partial charge in [0, 0.05) is 54.7 Å². The molecule has 2 aliphatic heterocycles. The van der Waals surface area contributed by atoms with E-state index in [1.807, 2.05) is 47.8 Å². The summed E-state index contributed by atoms with van der Waals surface area (Å²) in [6, 6.07) is 4.09. The number of alkyl halides is 3. The van der Waals surface area contributed by atoms with Gasteiger partial charge in [-0.2, -0.15) is 18.3 Å². The van der Waals surface area contributed by atoms with E-state index in [-0.39, 0.29) is 11.5 Å². The minimum Gasteiger partial charge on any atom is -0.475 e. The Kier molecular flexibility index (Phi) is 6.82. The van der Waals surface area contributed by atoms with Gasteiger partial charge < -0.3 is 20.1 Å². The maximum absolute atomic E-state index is 10.6. The van der Waals surface area contributed by atoms with Crippen LogP contribution in [0.4, 0.5) is 19.0 Å². The van der Waals surface area contributed by atoms with Crippen molar-refractivity contribution in [2.45, 2.75) is 41.5 Å². The number of nitrogens with two attached hydrogens (primary N) is 1. The van der Waals surface area contributed by atoms with Crippen LogP contribution in [0.1, 0.15) is 24.6 Å². The molecule has 1 spiro atoms. The summed E-state index contributed by atoms with van der Waals surface area (Å²) in [6.07, 6.45) is 10.00. The molecule has 0 radical (unpaired) electrons. The molecule has 0 aliphatic carbocycles. The van der Waals surface area contributed by atoms with Crippen LogP contribution in [0, 0.1) is 5.41 Å². The van der Waals surface area contributed by atoms with Crippen molar-refractivity contribution in [3.63, 3.8) is 0 Å². The first kappa shape index (κ1) is 27.4. The van der Waals surface area contributed by atoms with Crippen LogP contribution in [0.2, 0.25) is 5.02 Å². The third kappa shape index (κ3) is 4.87. The summed E-state index contributed by atoms with van der Waals surface area (Å²) in [7, 11) is 0. The standard InChI is InChI=1S/C23H22ClN9S.C2HF3O2/c24-19-17(2-7-30-10-6-27-22(19)30)34-18-12-28-21(16-11-26-14-32(16)18)31-8-3-23(4-9-31)13-33-15(20(23)25)1-5-29-33;3-2(4,5)1(6)7/h1-2,5-7,10-12,14,20H,3-4,8-9,13,25H2;(H,6,7)/t20-;/m1./s1. The molecule has 0 saturated carbocycles. The lowest BCUT2D eigenvalue weighted by Gasteiger charge is -2.41. The van der Waals surface area contributed by atoms with Crippen LogP contribution >= 0.6 is 23.4 Å². The zero-order chi connectivity index (χ0) is 28.9. The van der Waals surface area contributed by atoms with Crippen LogP contribution in [0.5, 0.6) is 0 Å². The summed E-state index contributed by atoms with van der Waals surface area (Å²) in [5, 5.41) is 13.2. The van der Waals surface area contributed by atoms with Crippen molar-refractivity contribution < 1.29 is 23.1 Å². The van der Waals surface area contributed by atoms with Crippen LogP contribution in [-0.2, 0) is 11.3 Å². The Morgan fingerprint density at radius 3 is 2.61 bits per heavy atom. The molecule has 0 unspecified atom stereocenters. The van der Waals surface area contributed by atoms with E-state index in [1.54, 1.807) is 18.0 Å². The van der Waals surface area contributed by atoms with Gasteiger partial charge in [0.15, 0.2) is 11.5 Å². The van der Waals surface area contributed by atoms with Crippen molar-refractivity contribution in [3.8, 4) is 0 Å². The normalized spacial score (nSPS) is 18.1. The van der Waals surface area contributed by atoms with Gasteiger partial charge in [-0.1, -0.05) is 23.4 Å². The zero-order valence-electron chi connectivity index (χ0n) is 21.2. The molecule has 7 heterocycles. The van der Waals surface area contributed by atoms with E-state index in [2.05, 4.69) is 35.1 Å². The van der Waals surface area contributed by atoms with E-state index < -0.39 is 12.1 Å². The van der Waals surface area contributed by atoms with Crippen LogP contribution in [0.25, 0.3) is 11.2 Å². The number of carboxylic acids is 1. The number of piperidine rings is 1. The average Bonchev–Trinajstić information content (AvgIpc) is 3.74. The molecule has 0 aromatic carbocycles. The van der Waals surface area contributed by atoms with E-state index in [4.69, 9.17) is 32.2 Å². The number of anilines is 1. The molecular formula is C25H23ClF3N9O2S. The predicted octanol–water partition coefficient (Wildman–Crippen LogP) is 4.31. The molecular weight excluding hydrogens is 583 g/mol. The van der Waals surface area contributed by atoms with Crippen molar-refractivity contribution in [2.24, 2.45) is 11.1 Å². The summed E-state index contributed by atoms with van der Waals surface area (Å²) in [5.41, 5.74) is 9.62. The van der Waals surface area contributed by atoms with Gasteiger partial charge >= 0.3 is 12.1 Å². The number of aliphatic carboxylic acids is 1. The van der Waals surface area contributed by atoms with Gasteiger partial charge in [-0.15, -0.1) is 0 Å². The lowest BCUT2D eigenvalue weighted by atomic mass is 9.73. The zero-order valence-corrected chi connectivity index (χ0v) is 22.8. The highest BCUT2D eigenvalue weighted by molar-refractivity contribution is 7.99. The Morgan fingerprint density at radius 2 is 1.90 bits per heavy atom. The number of carbonyl (C=O) groups is 1. The fraction of sp³-hybridized carbons (Fsp3) is 0.320. The second-order valence-corrected chi connectivity index (χ2v) is 11.3. The molecule has 1 atom stereocenters. The molecule has 41 heavy (non-hydrogen) atoms. The molecule has 11 nitrogen and oxygen atoms in total. The van der Waals surface area contributed by atoms with Crippen molar-refractivity contribution in [2.75, 3.05) is 18.0 Å². The van der Waals surface area contributed by atoms with Gasteiger partial charge in [0.05, 0.1) is 29.2 Å². The Labute approximate surface area is 239 Å². The summed E-state index contributed by atoms with van der Waals surface area (Å²) in [5.74, 6) is -1.80. The number of aromatic nitrogens is 7. The first-order valence-corrected chi connectivity index (χ1v) is 13.7. The molecule has 5 aromatic rings. The Balaban J connectivity index is 0.000000387. The monoisotopic (exact) mass is 605 g/mol. The quantitative estimate of drug-likeness (QED) is 0.309. The first-order chi connectivity index (χ1) is 19.6. The number of hydrogen-bond donors (Lipinski definition) is 2. The maximum atomic E-state index is 10.6. The number of halogens is 4. The van der Waals surface area contributed by atoms with E-state index in [0.29, 0.717) is 5.02 Å². The van der Waals surface area contributed by atoms with E-state index in [0.717, 1.165) is 65.1 Å². The maximum Gasteiger partial charge on any atom is 0.490 e. The minimum atomic E-state index is -5.08. The molecule has 0 amide bonds. The smallest absolute Gasteiger partial charge is 0.475 e. The molecule has 214 valence electrons. The first-order valence-electron chi connectivity index (χ1n) is 12.5. The highest BCUT2D eigenvalue weighted by Crippen LogP contribution is 2.48. The number of nitrogens with zero attached hydrogens (tertiary/aromatic N) is 8. The molecule has 1 saturated heterocycles. The molecule has 1 fully saturated rings. The number of rotatable bonds is 3. The highest BCUT2D eigenvalue weighted by atomic mass is 35.5. The van der Waals surface area contributed by atoms with Crippen LogP contribution in [-0.4, -0.2) is 63.9 Å². The molecule has 3 N–H and O–H groups in total. The summed E-state index contributed by atoms with van der Waals surface area (Å²) >= 11 is 8.20. The summed E-state index contributed by atoms with van der Waals surface area (Å²) in [6.45, 7) is 2.71. The molecule has 0 bridgehead atoms. The van der Waals surface area contributed by atoms with E-state index in [1.165, 1.54) is 0 Å². The highest BCUT2D eigenvalue weighted by Gasteiger charge is 2.47. The number of hydrogen-bond acceptors (Lipinski definition) is 8. The summed E-state index contributed by atoms with van der Waals surface area (Å²) < 4.78 is 37.8. The van der Waals surface area contributed by atoms with Gasteiger partial charge in [-0.25, -0.2) is 19.7 Å². The molecule has 2 aliphatic rings. The number of carboxylic acid groups (broad SMARTS) is 1. The van der Waals surface area contributed by atoms with Crippen molar-refractivity contribution in [3.05, 3.63) is 66.4 Å². The Hall–Kier alpha value is -3.82. The lowest BCUT2D eigenvalue weighted by molar-refractivity contribution is -0.192. The number of fused-ring (bicyclic) bond motifs is 3. The second kappa shape index (κ2) is 10.2. The van der Waals surface area contributed by atoms with Crippen molar-refractivity contribution in [1.29, 1.82) is 0 Å². The Morgan fingerprint density at radius 1 is 1.15 bits per heavy atom. The number of imidazole rings is 2. The predicted molar refractivity (Wildman–Crippen MR) is 144 cm³/mol. The van der Waals surface area contributed by atoms with Crippen LogP contribution in [0.3, 0.4) is 0 Å². The molecule has 5 aromatic heterocycles. The lowest BCUT2D eigenvalue weighted by Crippen LogP contribution is -2.45.